The number of nitrogens with zero attached hydrogens (tertiary/aromatic N) is 3. The van der Waals surface area contributed by atoms with Gasteiger partial charge in [0.15, 0.2) is 17.6 Å². The molecule has 0 fully saturated rings. The highest BCUT2D eigenvalue weighted by molar-refractivity contribution is 5.69. The van der Waals surface area contributed by atoms with Crippen LogP contribution in [0.15, 0.2) is 33.9 Å². The molecule has 3 aromatic rings. The van der Waals surface area contributed by atoms with Crippen molar-refractivity contribution in [2.75, 3.05) is 0 Å². The first kappa shape index (κ1) is 13.8. The Bertz CT molecular complexity index is 1030. The second kappa shape index (κ2) is 4.84. The van der Waals surface area contributed by atoms with E-state index < -0.39 is 5.69 Å². The van der Waals surface area contributed by atoms with Crippen LogP contribution in [0, 0.1) is 0 Å². The molecule has 0 amide bonds. The van der Waals surface area contributed by atoms with E-state index in [2.05, 4.69) is 9.97 Å². The highest BCUT2D eigenvalue weighted by Crippen LogP contribution is 2.33. The van der Waals surface area contributed by atoms with Crippen molar-refractivity contribution in [3.8, 4) is 5.75 Å². The molecular weight excluding hydrogens is 296 g/mol. The molecule has 0 aliphatic carbocycles. The number of hydrogen-bond acceptors (Lipinski definition) is 4. The van der Waals surface area contributed by atoms with Gasteiger partial charge in [0.1, 0.15) is 11.3 Å². The van der Waals surface area contributed by atoms with Gasteiger partial charge in [-0.3, -0.25) is 13.9 Å². The third-order valence-corrected chi connectivity index (χ3v) is 4.34. The largest absolute Gasteiger partial charge is 0.482 e. The summed E-state index contributed by atoms with van der Waals surface area (Å²) in [4.78, 5) is 31.7. The van der Waals surface area contributed by atoms with Crippen LogP contribution in [0.1, 0.15) is 23.9 Å². The van der Waals surface area contributed by atoms with Crippen LogP contribution in [-0.2, 0) is 20.5 Å². The van der Waals surface area contributed by atoms with Gasteiger partial charge >= 0.3 is 5.69 Å². The van der Waals surface area contributed by atoms with Crippen LogP contribution in [0.3, 0.4) is 0 Å². The van der Waals surface area contributed by atoms with E-state index in [0.717, 1.165) is 23.2 Å². The van der Waals surface area contributed by atoms with E-state index in [9.17, 15) is 9.59 Å². The first-order chi connectivity index (χ1) is 11.1. The Morgan fingerprint density at radius 2 is 2.00 bits per heavy atom. The number of aromatic nitrogens is 4. The third kappa shape index (κ3) is 2.00. The molecule has 1 N–H and O–H groups in total. The Hall–Kier alpha value is -2.83. The lowest BCUT2D eigenvalue weighted by Gasteiger charge is -2.24. The minimum atomic E-state index is -0.393. The summed E-state index contributed by atoms with van der Waals surface area (Å²) in [7, 11) is 3.06. The number of fused-ring (bicyclic) bond motifs is 2. The number of rotatable bonds is 1. The molecule has 0 radical (unpaired) electrons. The SMILES string of the molecule is Cn1c(=O)c2[nH]c(C3CCc4ccccc4O3)nc2n(C)c1=O. The molecular formula is C16H16N4O3. The number of nitrogens with one attached hydrogen (secondary N) is 1. The molecule has 0 saturated heterocycles. The summed E-state index contributed by atoms with van der Waals surface area (Å²) in [6.45, 7) is 0. The zero-order valence-electron chi connectivity index (χ0n) is 12.9. The predicted molar refractivity (Wildman–Crippen MR) is 84.7 cm³/mol. The summed E-state index contributed by atoms with van der Waals surface area (Å²) in [5.41, 5.74) is 1.08. The summed E-state index contributed by atoms with van der Waals surface area (Å²) in [5, 5.41) is 0. The number of aryl methyl sites for hydroxylation is 2. The lowest BCUT2D eigenvalue weighted by Crippen LogP contribution is -2.36. The molecule has 23 heavy (non-hydrogen) atoms. The monoisotopic (exact) mass is 312 g/mol. The van der Waals surface area contributed by atoms with Crippen LogP contribution < -0.4 is 16.0 Å². The van der Waals surface area contributed by atoms with E-state index in [1.54, 1.807) is 7.05 Å². The number of benzene rings is 1. The number of ether oxygens (including phenoxy) is 1. The number of para-hydroxylation sites is 1. The van der Waals surface area contributed by atoms with Gasteiger partial charge in [-0.15, -0.1) is 0 Å². The number of imidazole rings is 1. The Morgan fingerprint density at radius 1 is 1.22 bits per heavy atom. The Labute approximate surface area is 131 Å². The van der Waals surface area contributed by atoms with E-state index >= 15 is 0 Å². The van der Waals surface area contributed by atoms with Crippen molar-refractivity contribution in [1.82, 2.24) is 19.1 Å². The fraction of sp³-hybridized carbons (Fsp3) is 0.312. The van der Waals surface area contributed by atoms with Gasteiger partial charge in [-0.1, -0.05) is 18.2 Å². The summed E-state index contributed by atoms with van der Waals surface area (Å²) < 4.78 is 8.44. The normalized spacial score (nSPS) is 17.0. The number of hydrogen-bond donors (Lipinski definition) is 1. The van der Waals surface area contributed by atoms with Crippen LogP contribution in [-0.4, -0.2) is 19.1 Å². The van der Waals surface area contributed by atoms with Crippen molar-refractivity contribution in [2.45, 2.75) is 18.9 Å². The van der Waals surface area contributed by atoms with Crippen molar-refractivity contribution >= 4 is 11.2 Å². The van der Waals surface area contributed by atoms with Gasteiger partial charge in [0.25, 0.3) is 5.56 Å². The molecule has 2 aromatic heterocycles. The van der Waals surface area contributed by atoms with Gasteiger partial charge in [-0.2, -0.15) is 0 Å². The van der Waals surface area contributed by atoms with Crippen molar-refractivity contribution in [2.24, 2.45) is 14.1 Å². The van der Waals surface area contributed by atoms with Gasteiger partial charge in [-0.05, 0) is 24.5 Å². The third-order valence-electron chi connectivity index (χ3n) is 4.34. The van der Waals surface area contributed by atoms with Crippen molar-refractivity contribution in [3.63, 3.8) is 0 Å². The highest BCUT2D eigenvalue weighted by atomic mass is 16.5. The molecule has 0 bridgehead atoms. The van der Waals surface area contributed by atoms with Gasteiger partial charge < -0.3 is 9.72 Å². The Kier molecular flexibility index (Phi) is 2.90. The minimum absolute atomic E-state index is 0.253. The van der Waals surface area contributed by atoms with Crippen LogP contribution in [0.25, 0.3) is 11.2 Å². The zero-order chi connectivity index (χ0) is 16.1. The fourth-order valence-electron chi connectivity index (χ4n) is 3.01. The smallest absolute Gasteiger partial charge is 0.332 e. The van der Waals surface area contributed by atoms with E-state index in [-0.39, 0.29) is 11.7 Å². The average molecular weight is 312 g/mol. The van der Waals surface area contributed by atoms with Crippen molar-refractivity contribution < 1.29 is 4.74 Å². The molecule has 0 spiro atoms. The maximum Gasteiger partial charge on any atom is 0.332 e. The van der Waals surface area contributed by atoms with Gasteiger partial charge in [-0.25, -0.2) is 9.78 Å². The summed E-state index contributed by atoms with van der Waals surface area (Å²) in [6, 6.07) is 7.89. The topological polar surface area (TPSA) is 81.9 Å². The Morgan fingerprint density at radius 3 is 2.83 bits per heavy atom. The molecule has 7 heteroatoms. The first-order valence-electron chi connectivity index (χ1n) is 7.46. The Balaban J connectivity index is 1.83. The standard InChI is InChI=1S/C16H16N4O3/c1-19-14-12(15(21)20(2)16(19)22)17-13(18-14)11-8-7-9-5-3-4-6-10(9)23-11/h3-6,11H,7-8H2,1-2H3,(H,17,18). The quantitative estimate of drug-likeness (QED) is 0.727. The molecule has 1 aliphatic heterocycles. The van der Waals surface area contributed by atoms with Gasteiger partial charge in [0, 0.05) is 14.1 Å². The molecule has 0 saturated carbocycles. The summed E-state index contributed by atoms with van der Waals surface area (Å²) in [6.07, 6.45) is 1.40. The van der Waals surface area contributed by atoms with E-state index in [1.165, 1.54) is 17.2 Å². The molecule has 4 rings (SSSR count). The maximum atomic E-state index is 12.2. The van der Waals surface area contributed by atoms with Gasteiger partial charge in [0.2, 0.25) is 0 Å². The lowest BCUT2D eigenvalue weighted by atomic mass is 10.0. The highest BCUT2D eigenvalue weighted by Gasteiger charge is 2.25. The molecule has 1 aromatic carbocycles. The van der Waals surface area contributed by atoms with E-state index in [1.807, 2.05) is 24.3 Å². The van der Waals surface area contributed by atoms with Crippen LogP contribution in [0.5, 0.6) is 5.75 Å². The van der Waals surface area contributed by atoms with E-state index in [0.29, 0.717) is 17.0 Å². The average Bonchev–Trinajstić information content (AvgIpc) is 3.03. The van der Waals surface area contributed by atoms with Crippen LogP contribution in [0.2, 0.25) is 0 Å². The molecule has 1 aliphatic rings. The second-order valence-electron chi connectivity index (χ2n) is 5.78. The van der Waals surface area contributed by atoms with E-state index in [4.69, 9.17) is 4.74 Å². The zero-order valence-corrected chi connectivity index (χ0v) is 12.9. The maximum absolute atomic E-state index is 12.2. The molecule has 1 atom stereocenters. The van der Waals surface area contributed by atoms with Crippen LogP contribution >= 0.6 is 0 Å². The molecule has 1 unspecified atom stereocenters. The fourth-order valence-corrected chi connectivity index (χ4v) is 3.01. The molecule has 7 nitrogen and oxygen atoms in total. The molecule has 118 valence electrons. The van der Waals surface area contributed by atoms with Crippen molar-refractivity contribution in [1.29, 1.82) is 0 Å². The van der Waals surface area contributed by atoms with Crippen molar-refractivity contribution in [3.05, 3.63) is 56.5 Å². The summed E-state index contributed by atoms with van der Waals surface area (Å²) >= 11 is 0. The first-order valence-corrected chi connectivity index (χ1v) is 7.46. The van der Waals surface area contributed by atoms with Gasteiger partial charge in [0.05, 0.1) is 0 Å². The van der Waals surface area contributed by atoms with Crippen LogP contribution in [0.4, 0.5) is 0 Å². The lowest BCUT2D eigenvalue weighted by molar-refractivity contribution is 0.168. The predicted octanol–water partition coefficient (Wildman–Crippen LogP) is 1.03. The summed E-state index contributed by atoms with van der Waals surface area (Å²) in [5.74, 6) is 1.42. The number of H-pyrrole nitrogens is 1. The number of aromatic amines is 1. The molecule has 3 heterocycles. The second-order valence-corrected chi connectivity index (χ2v) is 5.78. The minimum Gasteiger partial charge on any atom is -0.482 e.